The number of halogens is 2. The zero-order valence-corrected chi connectivity index (χ0v) is 11.3. The Morgan fingerprint density at radius 3 is 2.62 bits per heavy atom. The first-order valence-corrected chi connectivity index (χ1v) is 6.63. The normalized spacial score (nSPS) is 16.2. The molecule has 1 aromatic carbocycles. The van der Waals surface area contributed by atoms with Crippen molar-refractivity contribution in [3.8, 4) is 0 Å². The molecule has 1 N–H and O–H groups in total. The topological polar surface area (TPSA) is 75.8 Å². The second-order valence-electron chi connectivity index (χ2n) is 4.79. The minimum Gasteiger partial charge on any atom is -0.394 e. The fourth-order valence-corrected chi connectivity index (χ4v) is 2.46. The smallest absolute Gasteiger partial charge is 0.328 e. The molecule has 1 fully saturated rings. The van der Waals surface area contributed by atoms with E-state index in [1.54, 1.807) is 4.90 Å². The van der Waals surface area contributed by atoms with Crippen molar-refractivity contribution in [1.82, 2.24) is 0 Å². The summed E-state index contributed by atoms with van der Waals surface area (Å²) >= 11 is 0. The Labute approximate surface area is 120 Å². The SMILES string of the molecule is O=[N+]([O-])c1c(F)cc(F)cc1N1CCC(OCCO)CC1. The first kappa shape index (κ1) is 15.6. The second kappa shape index (κ2) is 6.77. The van der Waals surface area contributed by atoms with E-state index in [4.69, 9.17) is 9.84 Å². The maximum atomic E-state index is 13.6. The van der Waals surface area contributed by atoms with Gasteiger partial charge in [0.15, 0.2) is 0 Å². The van der Waals surface area contributed by atoms with Crippen molar-refractivity contribution in [2.75, 3.05) is 31.2 Å². The van der Waals surface area contributed by atoms with Crippen LogP contribution in [0.5, 0.6) is 0 Å². The standard InChI is InChI=1S/C13H16F2N2O4/c14-9-7-11(15)13(17(19)20)12(8-9)16-3-1-10(2-4-16)21-6-5-18/h7-8,10,18H,1-6H2. The van der Waals surface area contributed by atoms with Crippen LogP contribution in [-0.4, -0.2) is 42.4 Å². The predicted octanol–water partition coefficient (Wildman–Crippen LogP) is 1.85. The van der Waals surface area contributed by atoms with Gasteiger partial charge in [0.1, 0.15) is 11.5 Å². The molecular formula is C13H16F2N2O4. The number of nitro groups is 1. The maximum Gasteiger partial charge on any atom is 0.328 e. The summed E-state index contributed by atoms with van der Waals surface area (Å²) in [5.41, 5.74) is -0.746. The molecule has 0 radical (unpaired) electrons. The van der Waals surface area contributed by atoms with E-state index in [9.17, 15) is 18.9 Å². The van der Waals surface area contributed by atoms with Crippen LogP contribution in [0, 0.1) is 21.7 Å². The van der Waals surface area contributed by atoms with E-state index in [-0.39, 0.29) is 25.0 Å². The molecule has 0 saturated carbocycles. The molecule has 1 aliphatic heterocycles. The molecule has 8 heteroatoms. The molecule has 1 aliphatic rings. The highest BCUT2D eigenvalue weighted by Crippen LogP contribution is 2.33. The van der Waals surface area contributed by atoms with E-state index in [0.717, 1.165) is 6.07 Å². The summed E-state index contributed by atoms with van der Waals surface area (Å²) in [5.74, 6) is -2.01. The summed E-state index contributed by atoms with van der Waals surface area (Å²) in [5, 5.41) is 19.7. The van der Waals surface area contributed by atoms with Gasteiger partial charge in [0.2, 0.25) is 5.82 Å². The first-order chi connectivity index (χ1) is 10.0. The van der Waals surface area contributed by atoms with Crippen LogP contribution in [0.4, 0.5) is 20.2 Å². The third-order valence-electron chi connectivity index (χ3n) is 3.42. The van der Waals surface area contributed by atoms with Crippen molar-refractivity contribution in [2.24, 2.45) is 0 Å². The molecule has 6 nitrogen and oxygen atoms in total. The molecule has 0 spiro atoms. The Balaban J connectivity index is 2.14. The summed E-state index contributed by atoms with van der Waals surface area (Å²) in [7, 11) is 0. The third-order valence-corrected chi connectivity index (χ3v) is 3.42. The van der Waals surface area contributed by atoms with E-state index in [0.29, 0.717) is 32.0 Å². The Kier molecular flexibility index (Phi) is 5.03. The van der Waals surface area contributed by atoms with E-state index in [1.807, 2.05) is 0 Å². The molecule has 0 atom stereocenters. The fourth-order valence-electron chi connectivity index (χ4n) is 2.46. The molecule has 0 aromatic heterocycles. The van der Waals surface area contributed by atoms with Crippen molar-refractivity contribution in [1.29, 1.82) is 0 Å². The van der Waals surface area contributed by atoms with E-state index in [2.05, 4.69) is 0 Å². The lowest BCUT2D eigenvalue weighted by atomic mass is 10.1. The van der Waals surface area contributed by atoms with Crippen molar-refractivity contribution in [2.45, 2.75) is 18.9 Å². The van der Waals surface area contributed by atoms with Crippen molar-refractivity contribution < 1.29 is 23.5 Å². The van der Waals surface area contributed by atoms with Gasteiger partial charge in [0, 0.05) is 25.2 Å². The Morgan fingerprint density at radius 2 is 2.05 bits per heavy atom. The summed E-state index contributed by atoms with van der Waals surface area (Å²) in [6.45, 7) is 0.972. The number of nitro benzene ring substituents is 1. The number of hydrogen-bond acceptors (Lipinski definition) is 5. The number of piperidine rings is 1. The van der Waals surface area contributed by atoms with Gasteiger partial charge in [-0.3, -0.25) is 10.1 Å². The number of hydrogen-bond donors (Lipinski definition) is 1. The van der Waals surface area contributed by atoms with E-state index >= 15 is 0 Å². The maximum absolute atomic E-state index is 13.6. The monoisotopic (exact) mass is 302 g/mol. The molecule has 21 heavy (non-hydrogen) atoms. The quantitative estimate of drug-likeness (QED) is 0.663. The molecule has 0 amide bonds. The van der Waals surface area contributed by atoms with Gasteiger partial charge >= 0.3 is 5.69 Å². The minimum absolute atomic E-state index is 0.0434. The highest BCUT2D eigenvalue weighted by atomic mass is 19.1. The molecule has 0 bridgehead atoms. The molecule has 2 rings (SSSR count). The average molecular weight is 302 g/mol. The lowest BCUT2D eigenvalue weighted by Crippen LogP contribution is -2.37. The number of rotatable bonds is 5. The minimum atomic E-state index is -1.17. The summed E-state index contributed by atoms with van der Waals surface area (Å²) in [6.07, 6.45) is 1.11. The van der Waals surface area contributed by atoms with Crippen LogP contribution in [0.1, 0.15) is 12.8 Å². The van der Waals surface area contributed by atoms with Crippen molar-refractivity contribution in [3.63, 3.8) is 0 Å². The van der Waals surface area contributed by atoms with Gasteiger partial charge in [-0.15, -0.1) is 0 Å². The molecule has 1 aromatic rings. The summed E-state index contributed by atoms with van der Waals surface area (Å²) in [6, 6.07) is 1.49. The highest BCUT2D eigenvalue weighted by molar-refractivity contribution is 5.64. The van der Waals surface area contributed by atoms with Gasteiger partial charge < -0.3 is 14.7 Å². The molecule has 0 unspecified atom stereocenters. The first-order valence-electron chi connectivity index (χ1n) is 6.63. The van der Waals surface area contributed by atoms with Gasteiger partial charge in [0.25, 0.3) is 0 Å². The van der Waals surface area contributed by atoms with Gasteiger partial charge in [0.05, 0.1) is 24.2 Å². The number of nitrogens with zero attached hydrogens (tertiary/aromatic N) is 2. The van der Waals surface area contributed by atoms with Crippen LogP contribution in [0.25, 0.3) is 0 Å². The van der Waals surface area contributed by atoms with Gasteiger partial charge in [-0.1, -0.05) is 0 Å². The highest BCUT2D eigenvalue weighted by Gasteiger charge is 2.29. The van der Waals surface area contributed by atoms with Crippen molar-refractivity contribution in [3.05, 3.63) is 33.9 Å². The number of ether oxygens (including phenoxy) is 1. The lowest BCUT2D eigenvalue weighted by Gasteiger charge is -2.33. The predicted molar refractivity (Wildman–Crippen MR) is 71.3 cm³/mol. The van der Waals surface area contributed by atoms with Gasteiger partial charge in [-0.05, 0) is 12.8 Å². The van der Waals surface area contributed by atoms with Gasteiger partial charge in [-0.2, -0.15) is 4.39 Å². The summed E-state index contributed by atoms with van der Waals surface area (Å²) in [4.78, 5) is 11.7. The summed E-state index contributed by atoms with van der Waals surface area (Å²) < 4.78 is 32.3. The van der Waals surface area contributed by atoms with E-state index in [1.165, 1.54) is 0 Å². The Hall–Kier alpha value is -1.80. The van der Waals surface area contributed by atoms with Crippen LogP contribution in [-0.2, 0) is 4.74 Å². The number of anilines is 1. The van der Waals surface area contributed by atoms with Crippen LogP contribution in [0.2, 0.25) is 0 Å². The largest absolute Gasteiger partial charge is 0.394 e. The third kappa shape index (κ3) is 3.64. The second-order valence-corrected chi connectivity index (χ2v) is 4.79. The van der Waals surface area contributed by atoms with Crippen LogP contribution < -0.4 is 4.90 Å². The van der Waals surface area contributed by atoms with Crippen LogP contribution in [0.3, 0.4) is 0 Å². The number of aliphatic hydroxyl groups excluding tert-OH is 1. The molecular weight excluding hydrogens is 286 g/mol. The van der Waals surface area contributed by atoms with Gasteiger partial charge in [-0.25, -0.2) is 4.39 Å². The zero-order chi connectivity index (χ0) is 15.4. The fraction of sp³-hybridized carbons (Fsp3) is 0.538. The Bertz CT molecular complexity index is 519. The zero-order valence-electron chi connectivity index (χ0n) is 11.3. The molecule has 116 valence electrons. The number of benzene rings is 1. The van der Waals surface area contributed by atoms with E-state index < -0.39 is 22.2 Å². The lowest BCUT2D eigenvalue weighted by molar-refractivity contribution is -0.386. The molecule has 1 saturated heterocycles. The molecule has 1 heterocycles. The molecule has 0 aliphatic carbocycles. The van der Waals surface area contributed by atoms with Crippen molar-refractivity contribution >= 4 is 11.4 Å². The van der Waals surface area contributed by atoms with Crippen LogP contribution >= 0.6 is 0 Å². The average Bonchev–Trinajstić information content (AvgIpc) is 2.44. The van der Waals surface area contributed by atoms with Crippen LogP contribution in [0.15, 0.2) is 12.1 Å². The Morgan fingerprint density at radius 1 is 1.38 bits per heavy atom. The number of aliphatic hydroxyl groups is 1.